The van der Waals surface area contributed by atoms with Crippen LogP contribution in [0.4, 0.5) is 0 Å². The molecule has 0 fully saturated rings. The zero-order valence-electron chi connectivity index (χ0n) is 7.82. The second kappa shape index (κ2) is 11.7. The van der Waals surface area contributed by atoms with Crippen molar-refractivity contribution in [2.75, 3.05) is 5.33 Å². The predicted octanol–water partition coefficient (Wildman–Crippen LogP) is 1.60. The second-order valence-corrected chi connectivity index (χ2v) is 5.44. The van der Waals surface area contributed by atoms with Gasteiger partial charge in [0, 0.05) is 0 Å². The first kappa shape index (κ1) is 17.0. The summed E-state index contributed by atoms with van der Waals surface area (Å²) in [5.74, 6) is 0. The monoisotopic (exact) mass is 284 g/mol. The van der Waals surface area contributed by atoms with Crippen LogP contribution in [-0.4, -0.2) is 47.9 Å². The van der Waals surface area contributed by atoms with Crippen LogP contribution >= 0.6 is 23.8 Å². The zero-order valence-corrected chi connectivity index (χ0v) is 12.3. The molecule has 0 aliphatic rings. The van der Waals surface area contributed by atoms with Crippen molar-refractivity contribution in [3.63, 3.8) is 0 Å². The molecule has 0 saturated carbocycles. The summed E-state index contributed by atoms with van der Waals surface area (Å²) in [6.45, 7) is 0. The van der Waals surface area contributed by atoms with Crippen LogP contribution < -0.4 is 0 Å². The summed E-state index contributed by atoms with van der Waals surface area (Å²) in [6.07, 6.45) is 5.71. The average molecular weight is 285 g/mol. The van der Waals surface area contributed by atoms with Crippen molar-refractivity contribution in [3.8, 4) is 0 Å². The van der Waals surface area contributed by atoms with Gasteiger partial charge >= 0.3 is 86.4 Å². The van der Waals surface area contributed by atoms with E-state index in [0.717, 1.165) is 0 Å². The van der Waals surface area contributed by atoms with E-state index in [2.05, 4.69) is 15.9 Å². The van der Waals surface area contributed by atoms with Crippen LogP contribution in [0.2, 0.25) is 3.67 Å². The van der Waals surface area contributed by atoms with Crippen LogP contribution in [0.3, 0.4) is 0 Å². The fraction of sp³-hybridized carbons (Fsp3) is 1.00. The van der Waals surface area contributed by atoms with Gasteiger partial charge in [-0.15, -0.1) is 0 Å². The Morgan fingerprint density at radius 1 is 1.08 bits per heavy atom. The molecule has 0 heterocycles. The molecule has 0 saturated heterocycles. The third-order valence-corrected chi connectivity index (χ3v) is 2.51. The van der Waals surface area contributed by atoms with E-state index in [1.165, 1.54) is 62.6 Å². The summed E-state index contributed by atoms with van der Waals surface area (Å²) in [5.41, 5.74) is 0. The van der Waals surface area contributed by atoms with Crippen LogP contribution in [0.1, 0.15) is 25.7 Å². The van der Waals surface area contributed by atoms with Gasteiger partial charge in [-0.3, -0.25) is 0 Å². The molecule has 0 unspecified atom stereocenters. The standard InChI is InChI=1S/C6H12Br.Na.H3O4P/c1-2-3-4-5-6-7;;1-5(2,3)4/h1-6H2;;(H3,1,2,3,4). The first-order valence-electron chi connectivity index (χ1n) is 4.26. The maximum absolute atomic E-state index is 8.88. The fourth-order valence-corrected chi connectivity index (χ4v) is 1.59. The van der Waals surface area contributed by atoms with Crippen molar-refractivity contribution in [1.29, 1.82) is 0 Å². The number of phosphoric acid groups is 1. The number of alkyl halides is 1. The first-order chi connectivity index (χ1) is 5.91. The van der Waals surface area contributed by atoms with Crippen LogP contribution in [0.5, 0.6) is 0 Å². The van der Waals surface area contributed by atoms with Gasteiger partial charge in [-0.25, -0.2) is 4.57 Å². The molecule has 0 radical (unpaired) electrons. The molecule has 0 amide bonds. The van der Waals surface area contributed by atoms with Crippen molar-refractivity contribution >= 4 is 51.7 Å². The minimum absolute atomic E-state index is 1.19. The molecule has 4 nitrogen and oxygen atoms in total. The summed E-state index contributed by atoms with van der Waals surface area (Å²) in [4.78, 5) is 21.6. The van der Waals surface area contributed by atoms with Gasteiger partial charge in [0.25, 0.3) is 0 Å². The molecule has 0 bridgehead atoms. The zero-order chi connectivity index (χ0) is 10.7. The number of hydrogen-bond donors (Lipinski definition) is 3. The molecule has 0 spiro atoms. The van der Waals surface area contributed by atoms with Crippen molar-refractivity contribution in [3.05, 3.63) is 0 Å². The van der Waals surface area contributed by atoms with Gasteiger partial charge in [-0.05, 0) is 0 Å². The Labute approximate surface area is 105 Å². The Morgan fingerprint density at radius 3 is 1.77 bits per heavy atom. The average Bonchev–Trinajstić information content (AvgIpc) is 1.95. The van der Waals surface area contributed by atoms with Crippen LogP contribution in [0.15, 0.2) is 0 Å². The van der Waals surface area contributed by atoms with Gasteiger partial charge < -0.3 is 14.7 Å². The predicted molar refractivity (Wildman–Crippen MR) is 57.1 cm³/mol. The molecule has 0 aliphatic carbocycles. The van der Waals surface area contributed by atoms with E-state index >= 15 is 0 Å². The molecule has 0 aromatic heterocycles. The summed E-state index contributed by atoms with van der Waals surface area (Å²) in [7, 11) is -4.64. The number of rotatable bonds is 5. The van der Waals surface area contributed by atoms with Crippen LogP contribution in [-0.2, 0) is 4.57 Å². The van der Waals surface area contributed by atoms with E-state index in [-0.39, 0.29) is 0 Å². The number of unbranched alkanes of at least 4 members (excludes halogenated alkanes) is 3. The molecule has 76 valence electrons. The molecule has 13 heavy (non-hydrogen) atoms. The van der Waals surface area contributed by atoms with Crippen molar-refractivity contribution < 1.29 is 19.2 Å². The molecular weight excluding hydrogens is 270 g/mol. The summed E-state index contributed by atoms with van der Waals surface area (Å²) < 4.78 is 10.4. The normalized spacial score (nSPS) is 10.6. The molecule has 7 heteroatoms. The summed E-state index contributed by atoms with van der Waals surface area (Å²) >= 11 is 4.81. The van der Waals surface area contributed by atoms with Gasteiger partial charge in [-0.1, -0.05) is 0 Å². The van der Waals surface area contributed by atoms with Gasteiger partial charge in [0.2, 0.25) is 0 Å². The topological polar surface area (TPSA) is 77.8 Å². The Hall–Kier alpha value is 1.59. The molecular formula is C6H15BrNaO4P. The van der Waals surface area contributed by atoms with Gasteiger partial charge in [0.1, 0.15) is 0 Å². The van der Waals surface area contributed by atoms with Gasteiger partial charge in [-0.2, -0.15) is 0 Å². The van der Waals surface area contributed by atoms with E-state index in [1.807, 2.05) is 0 Å². The molecule has 0 aliphatic heterocycles. The van der Waals surface area contributed by atoms with Crippen LogP contribution in [0.25, 0.3) is 0 Å². The fourth-order valence-electron chi connectivity index (χ4n) is 0.698. The number of halogens is 1. The quantitative estimate of drug-likeness (QED) is 0.310. The molecule has 0 rings (SSSR count). The third kappa shape index (κ3) is 42.0. The first-order valence-corrected chi connectivity index (χ1v) is 8.36. The Kier molecular flexibility index (Phi) is 15.3. The van der Waals surface area contributed by atoms with Crippen LogP contribution in [0, 0.1) is 0 Å². The van der Waals surface area contributed by atoms with E-state index in [4.69, 9.17) is 19.2 Å². The SMILES string of the molecule is O=P(O)(O)O.[Na][CH2]CCCCCBr. The van der Waals surface area contributed by atoms with Gasteiger partial charge in [0.05, 0.1) is 0 Å². The minimum atomic E-state index is -4.64. The van der Waals surface area contributed by atoms with Gasteiger partial charge in [0.15, 0.2) is 0 Å². The van der Waals surface area contributed by atoms with Crippen molar-refractivity contribution in [2.24, 2.45) is 0 Å². The Balaban J connectivity index is 0. The maximum atomic E-state index is 8.88. The van der Waals surface area contributed by atoms with E-state index in [1.54, 1.807) is 0 Å². The molecule has 0 aromatic rings. The van der Waals surface area contributed by atoms with Crippen molar-refractivity contribution in [1.82, 2.24) is 0 Å². The van der Waals surface area contributed by atoms with E-state index in [0.29, 0.717) is 0 Å². The Bertz CT molecular complexity index is 126. The third-order valence-electron chi connectivity index (χ3n) is 1.24. The molecule has 0 atom stereocenters. The van der Waals surface area contributed by atoms with Crippen molar-refractivity contribution in [2.45, 2.75) is 29.4 Å². The number of hydrogen-bond acceptors (Lipinski definition) is 1. The second-order valence-electron chi connectivity index (χ2n) is 2.62. The molecule has 0 aromatic carbocycles. The molecule has 3 N–H and O–H groups in total. The van der Waals surface area contributed by atoms with E-state index in [9.17, 15) is 0 Å². The van der Waals surface area contributed by atoms with E-state index < -0.39 is 7.82 Å². The Morgan fingerprint density at radius 2 is 1.46 bits per heavy atom. The summed E-state index contributed by atoms with van der Waals surface area (Å²) in [5, 5.41) is 1.19. The summed E-state index contributed by atoms with van der Waals surface area (Å²) in [6, 6.07) is 0.